The number of benzene rings is 1. The van der Waals surface area contributed by atoms with Crippen LogP contribution in [0.25, 0.3) is 0 Å². The molecule has 0 spiro atoms. The highest BCUT2D eigenvalue weighted by molar-refractivity contribution is 5.43. The largest absolute Gasteiger partial charge is 0.309 e. The molecule has 1 aliphatic rings. The Balaban J connectivity index is 2.13. The lowest BCUT2D eigenvalue weighted by Crippen LogP contribution is -2.04. The molecule has 1 fully saturated rings. The van der Waals surface area contributed by atoms with E-state index in [4.69, 9.17) is 5.26 Å². The predicted molar refractivity (Wildman–Crippen MR) is 63.8 cm³/mol. The maximum atomic E-state index is 9.07. The summed E-state index contributed by atoms with van der Waals surface area (Å²) in [6.07, 6.45) is 1.99. The topological polar surface area (TPSA) is 35.8 Å². The first-order valence-corrected chi connectivity index (χ1v) is 5.46. The molecule has 0 amide bonds. The summed E-state index contributed by atoms with van der Waals surface area (Å²) in [4.78, 5) is 0. The fourth-order valence-electron chi connectivity index (χ4n) is 1.70. The van der Waals surface area contributed by atoms with Crippen LogP contribution in [0.1, 0.15) is 24.0 Å². The minimum absolute atomic E-state index is 0.184. The summed E-state index contributed by atoms with van der Waals surface area (Å²) >= 11 is 0. The molecule has 0 saturated heterocycles. The Morgan fingerprint density at radius 2 is 2.00 bits per heavy atom. The summed E-state index contributed by atoms with van der Waals surface area (Å²) < 4.78 is 0. The fourth-order valence-corrected chi connectivity index (χ4v) is 1.70. The Morgan fingerprint density at radius 3 is 2.50 bits per heavy atom. The van der Waals surface area contributed by atoms with E-state index in [9.17, 15) is 0 Å². The first-order valence-electron chi connectivity index (χ1n) is 5.46. The Kier molecular flexibility index (Phi) is 2.95. The van der Waals surface area contributed by atoms with Crippen LogP contribution >= 0.6 is 0 Å². The fraction of sp³-hybridized carbons (Fsp3) is 0.357. The van der Waals surface area contributed by atoms with Crippen molar-refractivity contribution in [3.8, 4) is 17.9 Å². The molecule has 1 N–H and O–H groups in total. The summed E-state index contributed by atoms with van der Waals surface area (Å²) in [6, 6.07) is 10.4. The minimum atomic E-state index is -0.184. The summed E-state index contributed by atoms with van der Waals surface area (Å²) in [7, 11) is 1.88. The second kappa shape index (κ2) is 4.39. The molecule has 0 bridgehead atoms. The first-order chi connectivity index (χ1) is 7.80. The SMILES string of the molecule is CNCC#Cc1ccc(C2(C#N)CC2)cc1. The lowest BCUT2D eigenvalue weighted by atomic mass is 9.97. The number of hydrogen-bond acceptors (Lipinski definition) is 2. The van der Waals surface area contributed by atoms with Crippen molar-refractivity contribution in [1.82, 2.24) is 5.32 Å². The van der Waals surface area contributed by atoms with Gasteiger partial charge in [0, 0.05) is 5.56 Å². The van der Waals surface area contributed by atoms with Crippen LogP contribution in [0.4, 0.5) is 0 Å². The monoisotopic (exact) mass is 210 g/mol. The zero-order valence-corrected chi connectivity index (χ0v) is 9.38. The average Bonchev–Trinajstić information content (AvgIpc) is 3.11. The average molecular weight is 210 g/mol. The van der Waals surface area contributed by atoms with Crippen molar-refractivity contribution in [2.75, 3.05) is 13.6 Å². The third kappa shape index (κ3) is 2.08. The Bertz CT molecular complexity index is 464. The van der Waals surface area contributed by atoms with Crippen molar-refractivity contribution < 1.29 is 0 Å². The van der Waals surface area contributed by atoms with Gasteiger partial charge in [-0.3, -0.25) is 0 Å². The lowest BCUT2D eigenvalue weighted by molar-refractivity contribution is 0.908. The van der Waals surface area contributed by atoms with Crippen molar-refractivity contribution >= 4 is 0 Å². The molecular formula is C14H14N2. The van der Waals surface area contributed by atoms with E-state index in [2.05, 4.69) is 23.2 Å². The van der Waals surface area contributed by atoms with E-state index in [1.165, 1.54) is 0 Å². The van der Waals surface area contributed by atoms with Crippen molar-refractivity contribution in [2.24, 2.45) is 0 Å². The van der Waals surface area contributed by atoms with Gasteiger partial charge in [-0.15, -0.1) is 0 Å². The molecule has 1 aliphatic carbocycles. The second-order valence-electron chi connectivity index (χ2n) is 4.10. The van der Waals surface area contributed by atoms with E-state index < -0.39 is 0 Å². The van der Waals surface area contributed by atoms with Gasteiger partial charge in [-0.25, -0.2) is 0 Å². The minimum Gasteiger partial charge on any atom is -0.309 e. The highest BCUT2D eigenvalue weighted by Crippen LogP contribution is 2.47. The zero-order valence-electron chi connectivity index (χ0n) is 9.38. The van der Waals surface area contributed by atoms with Gasteiger partial charge in [-0.1, -0.05) is 24.0 Å². The van der Waals surface area contributed by atoms with Gasteiger partial charge in [0.05, 0.1) is 18.0 Å². The van der Waals surface area contributed by atoms with Gasteiger partial charge in [-0.05, 0) is 37.6 Å². The Hall–Kier alpha value is -1.77. The second-order valence-corrected chi connectivity index (χ2v) is 4.10. The Labute approximate surface area is 96.3 Å². The van der Waals surface area contributed by atoms with E-state index in [1.54, 1.807) is 0 Å². The van der Waals surface area contributed by atoms with Crippen LogP contribution in [0, 0.1) is 23.2 Å². The van der Waals surface area contributed by atoms with Crippen LogP contribution in [-0.2, 0) is 5.41 Å². The molecule has 1 aromatic carbocycles. The quantitative estimate of drug-likeness (QED) is 0.756. The van der Waals surface area contributed by atoms with Gasteiger partial charge in [0.2, 0.25) is 0 Å². The summed E-state index contributed by atoms with van der Waals surface area (Å²) in [5.41, 5.74) is 1.96. The van der Waals surface area contributed by atoms with Gasteiger partial charge in [0.1, 0.15) is 0 Å². The lowest BCUT2D eigenvalue weighted by Gasteiger charge is -2.04. The molecule has 0 heterocycles. The third-order valence-electron chi connectivity index (χ3n) is 2.90. The van der Waals surface area contributed by atoms with Crippen LogP contribution in [0.15, 0.2) is 24.3 Å². The molecule has 1 saturated carbocycles. The molecule has 80 valence electrons. The molecular weight excluding hydrogens is 196 g/mol. The third-order valence-corrected chi connectivity index (χ3v) is 2.90. The molecule has 1 aromatic rings. The Morgan fingerprint density at radius 1 is 1.31 bits per heavy atom. The van der Waals surface area contributed by atoms with E-state index in [0.29, 0.717) is 6.54 Å². The van der Waals surface area contributed by atoms with Gasteiger partial charge >= 0.3 is 0 Å². The van der Waals surface area contributed by atoms with E-state index in [1.807, 2.05) is 31.3 Å². The molecule has 2 heteroatoms. The molecule has 0 atom stereocenters. The predicted octanol–water partition coefficient (Wildman–Crippen LogP) is 1.81. The van der Waals surface area contributed by atoms with Crippen molar-refractivity contribution in [3.05, 3.63) is 35.4 Å². The standard InChI is InChI=1S/C14H14N2/c1-16-10-2-3-12-4-6-13(7-5-12)14(11-15)8-9-14/h4-7,16H,8-10H2,1H3. The van der Waals surface area contributed by atoms with Crippen molar-refractivity contribution in [3.63, 3.8) is 0 Å². The van der Waals surface area contributed by atoms with Gasteiger partial charge in [0.25, 0.3) is 0 Å². The van der Waals surface area contributed by atoms with E-state index in [0.717, 1.165) is 24.0 Å². The zero-order chi connectivity index (χ0) is 11.4. The van der Waals surface area contributed by atoms with E-state index in [-0.39, 0.29) is 5.41 Å². The van der Waals surface area contributed by atoms with E-state index >= 15 is 0 Å². The summed E-state index contributed by atoms with van der Waals surface area (Å²) in [5, 5.41) is 12.0. The molecule has 16 heavy (non-hydrogen) atoms. The molecule has 0 radical (unpaired) electrons. The van der Waals surface area contributed by atoms with Gasteiger partial charge in [-0.2, -0.15) is 5.26 Å². The smallest absolute Gasteiger partial charge is 0.0823 e. The molecule has 0 aliphatic heterocycles. The maximum Gasteiger partial charge on any atom is 0.0823 e. The van der Waals surface area contributed by atoms with Crippen LogP contribution in [-0.4, -0.2) is 13.6 Å². The first kappa shape index (κ1) is 10.7. The highest BCUT2D eigenvalue weighted by atomic mass is 14.8. The molecule has 2 rings (SSSR count). The van der Waals surface area contributed by atoms with Crippen LogP contribution in [0.3, 0.4) is 0 Å². The summed E-state index contributed by atoms with van der Waals surface area (Å²) in [5.74, 6) is 6.08. The number of nitriles is 1. The van der Waals surface area contributed by atoms with Crippen LogP contribution in [0.5, 0.6) is 0 Å². The number of hydrogen-bond donors (Lipinski definition) is 1. The number of nitrogens with zero attached hydrogens (tertiary/aromatic N) is 1. The van der Waals surface area contributed by atoms with Gasteiger partial charge in [0.15, 0.2) is 0 Å². The maximum absolute atomic E-state index is 9.07. The van der Waals surface area contributed by atoms with Crippen molar-refractivity contribution in [2.45, 2.75) is 18.3 Å². The molecule has 0 aromatic heterocycles. The normalized spacial score (nSPS) is 15.8. The van der Waals surface area contributed by atoms with Crippen LogP contribution < -0.4 is 5.32 Å². The highest BCUT2D eigenvalue weighted by Gasteiger charge is 2.44. The number of rotatable bonds is 2. The van der Waals surface area contributed by atoms with Crippen molar-refractivity contribution in [1.29, 1.82) is 5.26 Å². The molecule has 0 unspecified atom stereocenters. The van der Waals surface area contributed by atoms with Gasteiger partial charge < -0.3 is 5.32 Å². The number of nitrogens with one attached hydrogen (secondary N) is 1. The molecule has 2 nitrogen and oxygen atoms in total. The summed E-state index contributed by atoms with van der Waals surface area (Å²) in [6.45, 7) is 0.698. The van der Waals surface area contributed by atoms with Crippen LogP contribution in [0.2, 0.25) is 0 Å².